The molecule has 1 aromatic carbocycles. The summed E-state index contributed by atoms with van der Waals surface area (Å²) in [5, 5.41) is 3.70. The lowest BCUT2D eigenvalue weighted by molar-refractivity contribution is 0.0526. The molecule has 0 aliphatic carbocycles. The first-order chi connectivity index (χ1) is 9.28. The predicted molar refractivity (Wildman–Crippen MR) is 76.7 cm³/mol. The van der Waals surface area contributed by atoms with Crippen LogP contribution in [0.3, 0.4) is 0 Å². The molecule has 4 nitrogen and oxygen atoms in total. The largest absolute Gasteiger partial charge is 0.462 e. The molecule has 2 aromatic heterocycles. The van der Waals surface area contributed by atoms with Crippen molar-refractivity contribution in [3.8, 4) is 10.0 Å². The van der Waals surface area contributed by atoms with Gasteiger partial charge in [0.25, 0.3) is 0 Å². The highest BCUT2D eigenvalue weighted by Crippen LogP contribution is 2.31. The number of carbonyl (C=O) groups excluding carboxylic acids is 1. The second-order valence-corrected chi connectivity index (χ2v) is 5.68. The van der Waals surface area contributed by atoms with E-state index in [1.807, 2.05) is 17.5 Å². The van der Waals surface area contributed by atoms with Gasteiger partial charge in [-0.25, -0.2) is 14.8 Å². The van der Waals surface area contributed by atoms with Gasteiger partial charge in [-0.1, -0.05) is 0 Å². The maximum atomic E-state index is 11.7. The third-order valence-electron chi connectivity index (χ3n) is 2.51. The summed E-state index contributed by atoms with van der Waals surface area (Å²) in [6.45, 7) is 2.17. The first-order valence-corrected chi connectivity index (χ1v) is 7.45. The maximum Gasteiger partial charge on any atom is 0.338 e. The minimum absolute atomic E-state index is 0.298. The Kier molecular flexibility index (Phi) is 3.27. The molecule has 0 fully saturated rings. The lowest BCUT2D eigenvalue weighted by atomic mass is 10.2. The molecule has 0 radical (unpaired) electrons. The summed E-state index contributed by atoms with van der Waals surface area (Å²) >= 11 is 3.09. The van der Waals surface area contributed by atoms with Crippen LogP contribution < -0.4 is 0 Å². The van der Waals surface area contributed by atoms with Crippen LogP contribution in [0.25, 0.3) is 20.2 Å². The topological polar surface area (TPSA) is 52.1 Å². The van der Waals surface area contributed by atoms with E-state index in [1.54, 1.807) is 30.5 Å². The SMILES string of the molecule is CCOC(=O)c1ccc2nc(-c3nccs3)sc2c1. The van der Waals surface area contributed by atoms with Gasteiger partial charge in [-0.3, -0.25) is 0 Å². The second kappa shape index (κ2) is 5.07. The van der Waals surface area contributed by atoms with Gasteiger partial charge in [-0.05, 0) is 25.1 Å². The van der Waals surface area contributed by atoms with Crippen LogP contribution >= 0.6 is 22.7 Å². The molecule has 6 heteroatoms. The summed E-state index contributed by atoms with van der Waals surface area (Å²) in [6.07, 6.45) is 1.76. The molecule has 0 saturated carbocycles. The molecule has 0 spiro atoms. The number of aromatic nitrogens is 2. The molecule has 0 aliphatic rings. The molecule has 0 aliphatic heterocycles. The van der Waals surface area contributed by atoms with E-state index < -0.39 is 0 Å². The number of ether oxygens (including phenoxy) is 1. The van der Waals surface area contributed by atoms with Crippen LogP contribution in [0.2, 0.25) is 0 Å². The molecule has 0 N–H and O–H groups in total. The number of carbonyl (C=O) groups is 1. The lowest BCUT2D eigenvalue weighted by Crippen LogP contribution is -2.03. The van der Waals surface area contributed by atoms with Crippen molar-refractivity contribution in [1.82, 2.24) is 9.97 Å². The Morgan fingerprint density at radius 2 is 2.26 bits per heavy atom. The Morgan fingerprint density at radius 1 is 1.37 bits per heavy atom. The van der Waals surface area contributed by atoms with E-state index in [0.717, 1.165) is 20.2 Å². The number of thiazole rings is 2. The van der Waals surface area contributed by atoms with Gasteiger partial charge in [-0.15, -0.1) is 22.7 Å². The zero-order valence-corrected chi connectivity index (χ0v) is 11.8. The number of esters is 1. The fourth-order valence-electron chi connectivity index (χ4n) is 1.69. The molecule has 3 rings (SSSR count). The summed E-state index contributed by atoms with van der Waals surface area (Å²) < 4.78 is 5.96. The first kappa shape index (κ1) is 12.3. The van der Waals surface area contributed by atoms with Crippen LogP contribution in [0.5, 0.6) is 0 Å². The normalized spacial score (nSPS) is 10.8. The fourth-order valence-corrected chi connectivity index (χ4v) is 3.37. The maximum absolute atomic E-state index is 11.7. The predicted octanol–water partition coefficient (Wildman–Crippen LogP) is 3.60. The van der Waals surface area contributed by atoms with E-state index in [4.69, 9.17) is 4.74 Å². The molecule has 0 unspecified atom stereocenters. The van der Waals surface area contributed by atoms with Gasteiger partial charge in [0.05, 0.1) is 22.4 Å². The van der Waals surface area contributed by atoms with Crippen molar-refractivity contribution >= 4 is 38.9 Å². The summed E-state index contributed by atoms with van der Waals surface area (Å²) in [7, 11) is 0. The Hall–Kier alpha value is -1.79. The van der Waals surface area contributed by atoms with Crippen LogP contribution in [0.15, 0.2) is 29.8 Å². The van der Waals surface area contributed by atoms with Gasteiger partial charge >= 0.3 is 5.97 Å². The number of benzene rings is 1. The zero-order chi connectivity index (χ0) is 13.2. The van der Waals surface area contributed by atoms with Crippen LogP contribution in [0.1, 0.15) is 17.3 Å². The summed E-state index contributed by atoms with van der Waals surface area (Å²) in [5.74, 6) is -0.298. The van der Waals surface area contributed by atoms with Crippen molar-refractivity contribution in [2.24, 2.45) is 0 Å². The molecular weight excluding hydrogens is 280 g/mol. The van der Waals surface area contributed by atoms with Crippen LogP contribution in [-0.4, -0.2) is 22.5 Å². The average molecular weight is 290 g/mol. The van der Waals surface area contributed by atoms with Gasteiger partial charge in [-0.2, -0.15) is 0 Å². The third kappa shape index (κ3) is 2.36. The van der Waals surface area contributed by atoms with Crippen molar-refractivity contribution in [2.75, 3.05) is 6.61 Å². The molecule has 0 bridgehead atoms. The number of hydrogen-bond acceptors (Lipinski definition) is 6. The molecule has 0 amide bonds. The van der Waals surface area contributed by atoms with Crippen molar-refractivity contribution in [3.05, 3.63) is 35.3 Å². The van der Waals surface area contributed by atoms with Gasteiger partial charge in [0.15, 0.2) is 10.0 Å². The van der Waals surface area contributed by atoms with Gasteiger partial charge in [0.1, 0.15) is 0 Å². The number of rotatable bonds is 3. The van der Waals surface area contributed by atoms with Gasteiger partial charge < -0.3 is 4.74 Å². The van der Waals surface area contributed by atoms with Crippen molar-refractivity contribution in [3.63, 3.8) is 0 Å². The average Bonchev–Trinajstić information content (AvgIpc) is 3.07. The Balaban J connectivity index is 2.02. The van der Waals surface area contributed by atoms with E-state index in [2.05, 4.69) is 9.97 Å². The summed E-state index contributed by atoms with van der Waals surface area (Å²) in [5.41, 5.74) is 1.44. The van der Waals surface area contributed by atoms with E-state index in [0.29, 0.717) is 12.2 Å². The van der Waals surface area contributed by atoms with E-state index in [9.17, 15) is 4.79 Å². The highest BCUT2D eigenvalue weighted by molar-refractivity contribution is 7.24. The van der Waals surface area contributed by atoms with E-state index >= 15 is 0 Å². The van der Waals surface area contributed by atoms with E-state index in [-0.39, 0.29) is 5.97 Å². The smallest absolute Gasteiger partial charge is 0.338 e. The number of nitrogens with zero attached hydrogens (tertiary/aromatic N) is 2. The monoisotopic (exact) mass is 290 g/mol. The summed E-state index contributed by atoms with van der Waals surface area (Å²) in [4.78, 5) is 20.4. The molecule has 96 valence electrons. The van der Waals surface area contributed by atoms with Crippen molar-refractivity contribution < 1.29 is 9.53 Å². The zero-order valence-electron chi connectivity index (χ0n) is 10.1. The summed E-state index contributed by atoms with van der Waals surface area (Å²) in [6, 6.07) is 5.41. The highest BCUT2D eigenvalue weighted by atomic mass is 32.1. The molecule has 0 atom stereocenters. The van der Waals surface area contributed by atoms with Crippen LogP contribution in [0, 0.1) is 0 Å². The molecule has 2 heterocycles. The van der Waals surface area contributed by atoms with Crippen LogP contribution in [0.4, 0.5) is 0 Å². The van der Waals surface area contributed by atoms with Gasteiger partial charge in [0.2, 0.25) is 0 Å². The van der Waals surface area contributed by atoms with E-state index in [1.165, 1.54) is 11.3 Å². The molecule has 3 aromatic rings. The standard InChI is InChI=1S/C13H10N2O2S2/c1-2-17-13(16)8-3-4-9-10(7-8)19-12(15-9)11-14-5-6-18-11/h3-7H,2H2,1H3. The minimum Gasteiger partial charge on any atom is -0.462 e. The van der Waals surface area contributed by atoms with Crippen LogP contribution in [-0.2, 0) is 4.74 Å². The third-order valence-corrected chi connectivity index (χ3v) is 4.45. The Morgan fingerprint density at radius 3 is 3.00 bits per heavy atom. The second-order valence-electron chi connectivity index (χ2n) is 3.76. The van der Waals surface area contributed by atoms with Crippen molar-refractivity contribution in [2.45, 2.75) is 6.92 Å². The number of hydrogen-bond donors (Lipinski definition) is 0. The molecule has 19 heavy (non-hydrogen) atoms. The quantitative estimate of drug-likeness (QED) is 0.692. The highest BCUT2D eigenvalue weighted by Gasteiger charge is 2.12. The Labute approximate surface area is 117 Å². The minimum atomic E-state index is -0.298. The lowest BCUT2D eigenvalue weighted by Gasteiger charge is -2.00. The van der Waals surface area contributed by atoms with Crippen molar-refractivity contribution in [1.29, 1.82) is 0 Å². The fraction of sp³-hybridized carbons (Fsp3) is 0.154. The van der Waals surface area contributed by atoms with Gasteiger partial charge in [0, 0.05) is 11.6 Å². The molecule has 0 saturated heterocycles. The number of fused-ring (bicyclic) bond motifs is 1. The molecular formula is C13H10N2O2S2. The Bertz CT molecular complexity index is 719. The first-order valence-electron chi connectivity index (χ1n) is 5.75.